The third-order valence-corrected chi connectivity index (χ3v) is 7.51. The highest BCUT2D eigenvalue weighted by Gasteiger charge is 2.49. The van der Waals surface area contributed by atoms with Gasteiger partial charge in [0, 0.05) is 24.8 Å². The second kappa shape index (κ2) is 7.99. The molecule has 1 N–H and O–H groups in total. The van der Waals surface area contributed by atoms with Gasteiger partial charge in [-0.1, -0.05) is 18.9 Å². The Balaban J connectivity index is 1.46. The molecule has 0 atom stereocenters. The van der Waals surface area contributed by atoms with Crippen molar-refractivity contribution in [2.24, 2.45) is 0 Å². The standard InChI is InChI=1S/C26H29N5O2/c1-30-14-8-19(9-15-30)33-22-17-18(21-7-13-28-31(21)23-6-2-5-12-27-23)16-20-24(22)29-25(32)26(20)10-3-4-11-26/h2,5-7,12-13,16-17,19H,3-4,8-11,14-15H2,1H3,(H,29,32). The lowest BCUT2D eigenvalue weighted by Crippen LogP contribution is -2.35. The highest BCUT2D eigenvalue weighted by Crippen LogP contribution is 2.53. The van der Waals surface area contributed by atoms with Crippen LogP contribution in [0.15, 0.2) is 48.8 Å². The molecular formula is C26H29N5O2. The first-order valence-electron chi connectivity index (χ1n) is 11.9. The first-order valence-corrected chi connectivity index (χ1v) is 11.9. The third-order valence-electron chi connectivity index (χ3n) is 7.51. The molecule has 0 radical (unpaired) electrons. The highest BCUT2D eigenvalue weighted by molar-refractivity contribution is 6.08. The number of piperidine rings is 1. The molecule has 1 spiro atoms. The summed E-state index contributed by atoms with van der Waals surface area (Å²) < 4.78 is 8.45. The SMILES string of the molecule is CN1CCC(Oc2cc(-c3ccnn3-c3ccccn3)cc3c2NC(=O)C32CCCC2)CC1. The minimum atomic E-state index is -0.438. The van der Waals surface area contributed by atoms with E-state index >= 15 is 0 Å². The molecule has 33 heavy (non-hydrogen) atoms. The van der Waals surface area contributed by atoms with Crippen LogP contribution in [0.3, 0.4) is 0 Å². The Kier molecular flexibility index (Phi) is 4.94. The number of pyridine rings is 1. The van der Waals surface area contributed by atoms with Gasteiger partial charge in [0.1, 0.15) is 11.9 Å². The van der Waals surface area contributed by atoms with Crippen LogP contribution in [0.2, 0.25) is 0 Å². The van der Waals surface area contributed by atoms with E-state index in [9.17, 15) is 4.79 Å². The normalized spacial score (nSPS) is 20.2. The summed E-state index contributed by atoms with van der Waals surface area (Å²) in [7, 11) is 2.15. The number of hydrogen-bond donors (Lipinski definition) is 1. The Morgan fingerprint density at radius 2 is 1.91 bits per heavy atom. The van der Waals surface area contributed by atoms with Crippen LogP contribution in [-0.2, 0) is 10.2 Å². The minimum Gasteiger partial charge on any atom is -0.488 e. The largest absolute Gasteiger partial charge is 0.488 e. The van der Waals surface area contributed by atoms with Crippen molar-refractivity contribution in [1.82, 2.24) is 19.7 Å². The Labute approximate surface area is 193 Å². The Morgan fingerprint density at radius 3 is 2.67 bits per heavy atom. The van der Waals surface area contributed by atoms with Crippen molar-refractivity contribution >= 4 is 11.6 Å². The number of ether oxygens (including phenoxy) is 1. The van der Waals surface area contributed by atoms with Crippen molar-refractivity contribution in [3.63, 3.8) is 0 Å². The van der Waals surface area contributed by atoms with Crippen LogP contribution in [0.1, 0.15) is 44.1 Å². The Bertz CT molecular complexity index is 1170. The van der Waals surface area contributed by atoms with Gasteiger partial charge < -0.3 is 15.0 Å². The summed E-state index contributed by atoms with van der Waals surface area (Å²) in [5.74, 6) is 1.67. The van der Waals surface area contributed by atoms with Crippen molar-refractivity contribution in [1.29, 1.82) is 0 Å². The maximum absolute atomic E-state index is 13.2. The molecule has 1 saturated heterocycles. The van der Waals surface area contributed by atoms with Crippen molar-refractivity contribution < 1.29 is 9.53 Å². The molecule has 1 saturated carbocycles. The molecule has 3 aliphatic rings. The van der Waals surface area contributed by atoms with Gasteiger partial charge in [-0.15, -0.1) is 0 Å². The number of fused-ring (bicyclic) bond motifs is 2. The lowest BCUT2D eigenvalue weighted by atomic mass is 9.79. The van der Waals surface area contributed by atoms with E-state index in [0.29, 0.717) is 0 Å². The Hall–Kier alpha value is -3.19. The molecule has 4 heterocycles. The van der Waals surface area contributed by atoms with Crippen molar-refractivity contribution in [2.75, 3.05) is 25.5 Å². The second-order valence-corrected chi connectivity index (χ2v) is 9.58. The molecule has 6 rings (SSSR count). The average Bonchev–Trinajstić information content (AvgIpc) is 3.58. The quantitative estimate of drug-likeness (QED) is 0.655. The lowest BCUT2D eigenvalue weighted by molar-refractivity contribution is -0.120. The number of anilines is 1. The number of carbonyl (C=O) groups excluding carboxylic acids is 1. The number of benzene rings is 1. The first-order chi connectivity index (χ1) is 16.1. The summed E-state index contributed by atoms with van der Waals surface area (Å²) in [5.41, 5.74) is 3.46. The molecule has 2 fully saturated rings. The lowest BCUT2D eigenvalue weighted by Gasteiger charge is -2.30. The van der Waals surface area contributed by atoms with Crippen molar-refractivity contribution in [3.8, 4) is 22.8 Å². The molecule has 0 unspecified atom stereocenters. The van der Waals surface area contributed by atoms with Crippen LogP contribution in [0, 0.1) is 0 Å². The summed E-state index contributed by atoms with van der Waals surface area (Å²) in [6.07, 6.45) is 9.63. The van der Waals surface area contributed by atoms with Crippen LogP contribution in [-0.4, -0.2) is 51.8 Å². The predicted molar refractivity (Wildman–Crippen MR) is 127 cm³/mol. The zero-order valence-corrected chi connectivity index (χ0v) is 19.0. The molecule has 7 nitrogen and oxygen atoms in total. The van der Waals surface area contributed by atoms with E-state index in [1.807, 2.05) is 28.9 Å². The van der Waals surface area contributed by atoms with E-state index in [0.717, 1.165) is 85.7 Å². The number of aromatic nitrogens is 3. The van der Waals surface area contributed by atoms with Gasteiger partial charge in [-0.2, -0.15) is 5.10 Å². The maximum Gasteiger partial charge on any atom is 0.235 e. The van der Waals surface area contributed by atoms with E-state index in [2.05, 4.69) is 39.5 Å². The van der Waals surface area contributed by atoms with Crippen LogP contribution in [0.4, 0.5) is 5.69 Å². The highest BCUT2D eigenvalue weighted by atomic mass is 16.5. The molecule has 0 bridgehead atoms. The fourth-order valence-electron chi connectivity index (χ4n) is 5.66. The Morgan fingerprint density at radius 1 is 1.09 bits per heavy atom. The summed E-state index contributed by atoms with van der Waals surface area (Å²) in [6.45, 7) is 2.05. The van der Waals surface area contributed by atoms with E-state index in [1.165, 1.54) is 0 Å². The predicted octanol–water partition coefficient (Wildman–Crippen LogP) is 4.17. The fraction of sp³-hybridized carbons (Fsp3) is 0.423. The molecule has 2 aromatic heterocycles. The van der Waals surface area contributed by atoms with Gasteiger partial charge in [-0.25, -0.2) is 9.67 Å². The minimum absolute atomic E-state index is 0.124. The molecule has 1 aliphatic carbocycles. The van der Waals surface area contributed by atoms with Crippen LogP contribution >= 0.6 is 0 Å². The second-order valence-electron chi connectivity index (χ2n) is 9.58. The van der Waals surface area contributed by atoms with Crippen molar-refractivity contribution in [3.05, 3.63) is 54.4 Å². The molecule has 3 aromatic rings. The van der Waals surface area contributed by atoms with Gasteiger partial charge in [0.25, 0.3) is 0 Å². The first kappa shape index (κ1) is 20.4. The maximum atomic E-state index is 13.2. The number of nitrogens with one attached hydrogen (secondary N) is 1. The summed E-state index contributed by atoms with van der Waals surface area (Å²) in [4.78, 5) is 20.0. The van der Waals surface area contributed by atoms with Gasteiger partial charge >= 0.3 is 0 Å². The molecule has 7 heteroatoms. The zero-order valence-electron chi connectivity index (χ0n) is 19.0. The van der Waals surface area contributed by atoms with Crippen LogP contribution in [0.25, 0.3) is 17.1 Å². The molecule has 2 aliphatic heterocycles. The zero-order chi connectivity index (χ0) is 22.4. The fourth-order valence-corrected chi connectivity index (χ4v) is 5.66. The van der Waals surface area contributed by atoms with Gasteiger partial charge in [-0.3, -0.25) is 4.79 Å². The molecule has 170 valence electrons. The number of rotatable bonds is 4. The summed E-state index contributed by atoms with van der Waals surface area (Å²) in [6, 6.07) is 12.1. The van der Waals surface area contributed by atoms with E-state index in [-0.39, 0.29) is 12.0 Å². The summed E-state index contributed by atoms with van der Waals surface area (Å²) >= 11 is 0. The van der Waals surface area contributed by atoms with Gasteiger partial charge in [0.05, 0.1) is 23.0 Å². The van der Waals surface area contributed by atoms with E-state index < -0.39 is 5.41 Å². The van der Waals surface area contributed by atoms with Crippen LogP contribution in [0.5, 0.6) is 5.75 Å². The van der Waals surface area contributed by atoms with E-state index in [4.69, 9.17) is 4.74 Å². The number of likely N-dealkylation sites (tertiary alicyclic amines) is 1. The van der Waals surface area contributed by atoms with Gasteiger partial charge in [0.2, 0.25) is 5.91 Å². The monoisotopic (exact) mass is 443 g/mol. The smallest absolute Gasteiger partial charge is 0.235 e. The van der Waals surface area contributed by atoms with Gasteiger partial charge in [-0.05, 0) is 68.6 Å². The topological polar surface area (TPSA) is 72.3 Å². The number of carbonyl (C=O) groups is 1. The average molecular weight is 444 g/mol. The van der Waals surface area contributed by atoms with Crippen molar-refractivity contribution in [2.45, 2.75) is 50.0 Å². The van der Waals surface area contributed by atoms with Gasteiger partial charge in [0.15, 0.2) is 5.82 Å². The third kappa shape index (κ3) is 3.42. The van der Waals surface area contributed by atoms with E-state index in [1.54, 1.807) is 12.4 Å². The summed E-state index contributed by atoms with van der Waals surface area (Å²) in [5, 5.41) is 7.75. The molecule has 1 amide bonds. The molecular weight excluding hydrogens is 414 g/mol. The molecule has 1 aromatic carbocycles. The van der Waals surface area contributed by atoms with Crippen LogP contribution < -0.4 is 10.1 Å². The number of nitrogens with zero attached hydrogens (tertiary/aromatic N) is 4. The number of hydrogen-bond acceptors (Lipinski definition) is 5. The number of amides is 1.